The summed E-state index contributed by atoms with van der Waals surface area (Å²) in [5.41, 5.74) is 1.70. The summed E-state index contributed by atoms with van der Waals surface area (Å²) in [4.78, 5) is 17.7. The van der Waals surface area contributed by atoms with Crippen LogP contribution in [0, 0.1) is 0 Å². The smallest absolute Gasteiger partial charge is 0.178 e. The fourth-order valence-corrected chi connectivity index (χ4v) is 2.11. The molecular weight excluding hydrogens is 200 g/mol. The third-order valence-corrected chi connectivity index (χ3v) is 3.08. The Kier molecular flexibility index (Phi) is 3.54. The van der Waals surface area contributed by atoms with Crippen LogP contribution in [0.2, 0.25) is 0 Å². The number of nitrogens with zero attached hydrogens (tertiary/aromatic N) is 2. The van der Waals surface area contributed by atoms with Gasteiger partial charge < -0.3 is 4.90 Å². The summed E-state index contributed by atoms with van der Waals surface area (Å²) in [6.07, 6.45) is 7.00. The number of aromatic nitrogens is 1. The highest BCUT2D eigenvalue weighted by atomic mass is 16.1. The van der Waals surface area contributed by atoms with E-state index >= 15 is 0 Å². The van der Waals surface area contributed by atoms with Crippen molar-refractivity contribution in [3.8, 4) is 0 Å². The maximum absolute atomic E-state index is 11.1. The summed E-state index contributed by atoms with van der Waals surface area (Å²) in [7, 11) is 0. The van der Waals surface area contributed by atoms with E-state index in [1.807, 2.05) is 18.3 Å². The first-order valence-electron chi connectivity index (χ1n) is 5.99. The van der Waals surface area contributed by atoms with Crippen LogP contribution >= 0.6 is 0 Å². The summed E-state index contributed by atoms with van der Waals surface area (Å²) < 4.78 is 0. The van der Waals surface area contributed by atoms with Gasteiger partial charge in [0.15, 0.2) is 5.78 Å². The van der Waals surface area contributed by atoms with Gasteiger partial charge in [-0.15, -0.1) is 0 Å². The summed E-state index contributed by atoms with van der Waals surface area (Å²) in [5, 5.41) is 0. The molecule has 16 heavy (non-hydrogen) atoms. The third kappa shape index (κ3) is 2.60. The molecule has 1 fully saturated rings. The zero-order chi connectivity index (χ0) is 11.4. The van der Waals surface area contributed by atoms with Crippen LogP contribution in [0.3, 0.4) is 0 Å². The first-order chi connectivity index (χ1) is 7.77. The van der Waals surface area contributed by atoms with Gasteiger partial charge in [0.25, 0.3) is 0 Å². The maximum Gasteiger partial charge on any atom is 0.178 e. The van der Waals surface area contributed by atoms with Crippen molar-refractivity contribution in [1.82, 2.24) is 4.98 Å². The molecule has 2 heterocycles. The molecule has 86 valence electrons. The highest BCUT2D eigenvalue weighted by molar-refractivity contribution is 5.92. The average Bonchev–Trinajstić information content (AvgIpc) is 2.57. The van der Waals surface area contributed by atoms with Gasteiger partial charge in [0.2, 0.25) is 0 Å². The number of Topliss-reactive ketones (excluding diaryl/α,β-unsaturated/α-hetero) is 1. The van der Waals surface area contributed by atoms with Gasteiger partial charge in [0.05, 0.1) is 11.9 Å². The van der Waals surface area contributed by atoms with Gasteiger partial charge in [-0.2, -0.15) is 0 Å². The van der Waals surface area contributed by atoms with Crippen molar-refractivity contribution >= 4 is 11.5 Å². The van der Waals surface area contributed by atoms with E-state index in [2.05, 4.69) is 9.88 Å². The van der Waals surface area contributed by atoms with Crippen LogP contribution in [0.1, 0.15) is 43.1 Å². The number of hydrogen-bond donors (Lipinski definition) is 0. The molecule has 0 spiro atoms. The molecule has 0 unspecified atom stereocenters. The van der Waals surface area contributed by atoms with Gasteiger partial charge in [-0.1, -0.05) is 12.8 Å². The number of pyridine rings is 1. The Balaban J connectivity index is 2.10. The second-order valence-corrected chi connectivity index (χ2v) is 4.36. The number of anilines is 1. The molecule has 0 saturated carbocycles. The van der Waals surface area contributed by atoms with E-state index in [4.69, 9.17) is 0 Å². The Morgan fingerprint density at radius 2 is 1.88 bits per heavy atom. The number of carbonyl (C=O) groups excluding carboxylic acids is 1. The Morgan fingerprint density at radius 1 is 1.19 bits per heavy atom. The van der Waals surface area contributed by atoms with Crippen LogP contribution in [0.5, 0.6) is 0 Å². The normalized spacial score (nSPS) is 16.9. The quantitative estimate of drug-likeness (QED) is 0.715. The highest BCUT2D eigenvalue weighted by Gasteiger charge is 2.10. The number of ketones is 1. The monoisotopic (exact) mass is 218 g/mol. The summed E-state index contributed by atoms with van der Waals surface area (Å²) in [6.45, 7) is 3.77. The lowest BCUT2D eigenvalue weighted by Gasteiger charge is -2.22. The van der Waals surface area contributed by atoms with Crippen molar-refractivity contribution in [2.24, 2.45) is 0 Å². The van der Waals surface area contributed by atoms with Gasteiger partial charge >= 0.3 is 0 Å². The van der Waals surface area contributed by atoms with E-state index in [1.54, 1.807) is 6.92 Å². The van der Waals surface area contributed by atoms with E-state index < -0.39 is 0 Å². The zero-order valence-corrected chi connectivity index (χ0v) is 9.78. The van der Waals surface area contributed by atoms with Gasteiger partial charge in [-0.25, -0.2) is 0 Å². The molecule has 1 aliphatic heterocycles. The summed E-state index contributed by atoms with van der Waals surface area (Å²) >= 11 is 0. The van der Waals surface area contributed by atoms with Gasteiger partial charge in [-0.3, -0.25) is 9.78 Å². The number of hydrogen-bond acceptors (Lipinski definition) is 3. The minimum absolute atomic E-state index is 0.0300. The second-order valence-electron chi connectivity index (χ2n) is 4.36. The van der Waals surface area contributed by atoms with Gasteiger partial charge in [-0.05, 0) is 25.0 Å². The molecule has 1 aromatic rings. The first-order valence-corrected chi connectivity index (χ1v) is 5.99. The average molecular weight is 218 g/mol. The fourth-order valence-electron chi connectivity index (χ4n) is 2.11. The van der Waals surface area contributed by atoms with E-state index in [1.165, 1.54) is 25.7 Å². The van der Waals surface area contributed by atoms with Crippen LogP contribution in [-0.4, -0.2) is 23.9 Å². The molecule has 0 aromatic carbocycles. The Bertz CT molecular complexity index is 351. The van der Waals surface area contributed by atoms with Crippen LogP contribution in [0.25, 0.3) is 0 Å². The van der Waals surface area contributed by atoms with Crippen molar-refractivity contribution in [3.63, 3.8) is 0 Å². The van der Waals surface area contributed by atoms with Crippen LogP contribution in [0.4, 0.5) is 5.69 Å². The molecule has 1 saturated heterocycles. The van der Waals surface area contributed by atoms with Crippen molar-refractivity contribution in [2.75, 3.05) is 18.0 Å². The number of carbonyl (C=O) groups is 1. The molecule has 0 amide bonds. The van der Waals surface area contributed by atoms with Crippen molar-refractivity contribution in [1.29, 1.82) is 0 Å². The minimum atomic E-state index is 0.0300. The largest absolute Gasteiger partial charge is 0.370 e. The first kappa shape index (κ1) is 11.1. The standard InChI is InChI=1S/C13H18N2O/c1-11(16)13-7-6-12(10-14-13)15-8-4-2-3-5-9-15/h6-7,10H,2-5,8-9H2,1H3. The van der Waals surface area contributed by atoms with Crippen molar-refractivity contribution in [2.45, 2.75) is 32.6 Å². The molecule has 0 N–H and O–H groups in total. The van der Waals surface area contributed by atoms with Crippen molar-refractivity contribution in [3.05, 3.63) is 24.0 Å². The molecule has 0 radical (unpaired) electrons. The molecule has 0 aliphatic carbocycles. The third-order valence-electron chi connectivity index (χ3n) is 3.08. The Morgan fingerprint density at radius 3 is 2.38 bits per heavy atom. The molecule has 1 aromatic heterocycles. The lowest BCUT2D eigenvalue weighted by molar-refractivity contribution is 0.101. The molecule has 3 nitrogen and oxygen atoms in total. The Hall–Kier alpha value is -1.38. The van der Waals surface area contributed by atoms with Crippen LogP contribution in [-0.2, 0) is 0 Å². The van der Waals surface area contributed by atoms with Gasteiger partial charge in [0.1, 0.15) is 5.69 Å². The number of rotatable bonds is 2. The molecule has 3 heteroatoms. The van der Waals surface area contributed by atoms with Crippen LogP contribution in [0.15, 0.2) is 18.3 Å². The topological polar surface area (TPSA) is 33.2 Å². The molecule has 2 rings (SSSR count). The van der Waals surface area contributed by atoms with E-state index in [-0.39, 0.29) is 5.78 Å². The highest BCUT2D eigenvalue weighted by Crippen LogP contribution is 2.18. The van der Waals surface area contributed by atoms with Crippen molar-refractivity contribution < 1.29 is 4.79 Å². The van der Waals surface area contributed by atoms with Gasteiger partial charge in [0, 0.05) is 20.0 Å². The lowest BCUT2D eigenvalue weighted by Crippen LogP contribution is -2.24. The molecular formula is C13H18N2O. The predicted octanol–water partition coefficient (Wildman–Crippen LogP) is 2.66. The van der Waals surface area contributed by atoms with E-state index in [0.29, 0.717) is 5.69 Å². The minimum Gasteiger partial charge on any atom is -0.370 e. The maximum atomic E-state index is 11.1. The summed E-state index contributed by atoms with van der Waals surface area (Å²) in [5.74, 6) is 0.0300. The fraction of sp³-hybridized carbons (Fsp3) is 0.538. The second kappa shape index (κ2) is 5.10. The summed E-state index contributed by atoms with van der Waals surface area (Å²) in [6, 6.07) is 3.83. The predicted molar refractivity (Wildman–Crippen MR) is 64.9 cm³/mol. The molecule has 0 atom stereocenters. The van der Waals surface area contributed by atoms with E-state index in [9.17, 15) is 4.79 Å². The lowest BCUT2D eigenvalue weighted by atomic mass is 10.2. The van der Waals surface area contributed by atoms with Crippen LogP contribution < -0.4 is 4.90 Å². The Labute approximate surface area is 96.5 Å². The SMILES string of the molecule is CC(=O)c1ccc(N2CCCCCC2)cn1. The molecule has 1 aliphatic rings. The van der Waals surface area contributed by atoms with E-state index in [0.717, 1.165) is 18.8 Å². The molecule has 0 bridgehead atoms. The zero-order valence-electron chi connectivity index (χ0n) is 9.78.